The first kappa shape index (κ1) is 10.9. The van der Waals surface area contributed by atoms with E-state index >= 15 is 0 Å². The predicted octanol–water partition coefficient (Wildman–Crippen LogP) is 2.36. The molecule has 0 unspecified atom stereocenters. The molecule has 1 atom stereocenters. The van der Waals surface area contributed by atoms with Gasteiger partial charge in [0.05, 0.1) is 0 Å². The van der Waals surface area contributed by atoms with Crippen LogP contribution >= 0.6 is 11.3 Å². The summed E-state index contributed by atoms with van der Waals surface area (Å²) in [5.41, 5.74) is 3.00. The lowest BCUT2D eigenvalue weighted by Crippen LogP contribution is -2.31. The number of allylic oxidation sites excluding steroid dienone is 2. The van der Waals surface area contributed by atoms with E-state index in [-0.39, 0.29) is 11.8 Å². The lowest BCUT2D eigenvalue weighted by Gasteiger charge is -2.31. The van der Waals surface area contributed by atoms with Crippen molar-refractivity contribution in [2.45, 2.75) is 25.3 Å². The maximum absolute atomic E-state index is 12.3. The molecule has 96 valence electrons. The first-order chi connectivity index (χ1) is 9.34. The van der Waals surface area contributed by atoms with Crippen molar-refractivity contribution in [3.05, 3.63) is 40.0 Å². The molecule has 0 amide bonds. The molecule has 2 aromatic heterocycles. The number of fused-ring (bicyclic) bond motifs is 1. The van der Waals surface area contributed by atoms with Crippen LogP contribution in [-0.2, 0) is 4.79 Å². The summed E-state index contributed by atoms with van der Waals surface area (Å²) in [4.78, 5) is 16.5. The van der Waals surface area contributed by atoms with Crippen LogP contribution in [0.5, 0.6) is 0 Å². The molecule has 0 bridgehead atoms. The van der Waals surface area contributed by atoms with Crippen LogP contribution in [-0.4, -0.2) is 20.5 Å². The van der Waals surface area contributed by atoms with E-state index < -0.39 is 0 Å². The molecule has 0 saturated carbocycles. The summed E-state index contributed by atoms with van der Waals surface area (Å²) in [5.74, 6) is 0.954. The lowest BCUT2D eigenvalue weighted by molar-refractivity contribution is -0.116. The Hall–Kier alpha value is -1.95. The zero-order valence-corrected chi connectivity index (χ0v) is 11.0. The summed E-state index contributed by atoms with van der Waals surface area (Å²) >= 11 is 1.64. The molecule has 4 rings (SSSR count). The number of hydrogen-bond acceptors (Lipinski definition) is 5. The molecule has 0 fully saturated rings. The third-order valence-electron chi connectivity index (χ3n) is 3.67. The van der Waals surface area contributed by atoms with Crippen molar-refractivity contribution in [1.29, 1.82) is 0 Å². The maximum Gasteiger partial charge on any atom is 0.226 e. The number of ketones is 1. The van der Waals surface area contributed by atoms with Crippen molar-refractivity contribution < 1.29 is 4.79 Å². The van der Waals surface area contributed by atoms with E-state index in [0.29, 0.717) is 6.42 Å². The smallest absolute Gasteiger partial charge is 0.226 e. The van der Waals surface area contributed by atoms with Gasteiger partial charge in [-0.1, -0.05) is 0 Å². The first-order valence-electron chi connectivity index (χ1n) is 6.29. The molecule has 1 N–H and O–H groups in total. The molecule has 19 heavy (non-hydrogen) atoms. The number of thiophene rings is 1. The van der Waals surface area contributed by atoms with E-state index in [4.69, 9.17) is 0 Å². The van der Waals surface area contributed by atoms with Crippen LogP contribution < -0.4 is 5.32 Å². The highest BCUT2D eigenvalue weighted by Gasteiger charge is 2.35. The number of carbonyl (C=O) groups is 1. The van der Waals surface area contributed by atoms with Crippen LogP contribution in [0.25, 0.3) is 0 Å². The average molecular weight is 272 g/mol. The summed E-state index contributed by atoms with van der Waals surface area (Å²) in [6.07, 6.45) is 3.99. The molecule has 3 heterocycles. The van der Waals surface area contributed by atoms with Crippen molar-refractivity contribution in [2.24, 2.45) is 0 Å². The molecule has 0 spiro atoms. The van der Waals surface area contributed by atoms with Crippen LogP contribution in [0.4, 0.5) is 5.95 Å². The molecule has 0 radical (unpaired) electrons. The van der Waals surface area contributed by atoms with Crippen molar-refractivity contribution in [2.75, 3.05) is 5.32 Å². The normalized spacial score (nSPS) is 21.9. The summed E-state index contributed by atoms with van der Waals surface area (Å²) in [5, 5.41) is 11.6. The molecule has 5 nitrogen and oxygen atoms in total. The number of Topliss-reactive ketones (excluding diaryl/α,β-unsaturated/α-hetero) is 1. The van der Waals surface area contributed by atoms with E-state index in [2.05, 4.69) is 26.8 Å². The molecule has 0 saturated heterocycles. The van der Waals surface area contributed by atoms with Gasteiger partial charge in [-0.15, -0.1) is 0 Å². The second kappa shape index (κ2) is 4.03. The number of nitrogens with one attached hydrogen (secondary N) is 1. The second-order valence-electron chi connectivity index (χ2n) is 4.78. The predicted molar refractivity (Wildman–Crippen MR) is 72.0 cm³/mol. The number of aromatic nitrogens is 3. The van der Waals surface area contributed by atoms with Gasteiger partial charge in [0.15, 0.2) is 5.78 Å². The van der Waals surface area contributed by atoms with Crippen molar-refractivity contribution in [1.82, 2.24) is 14.8 Å². The molecule has 2 aromatic rings. The van der Waals surface area contributed by atoms with E-state index in [0.717, 1.165) is 35.6 Å². The SMILES string of the molecule is O=C1CCCC2=C1[C@@H](c1ccsc1)n1ncnc1N2. The maximum atomic E-state index is 12.3. The Morgan fingerprint density at radius 2 is 2.37 bits per heavy atom. The fourth-order valence-corrected chi connectivity index (χ4v) is 3.51. The van der Waals surface area contributed by atoms with Gasteiger partial charge in [0, 0.05) is 17.7 Å². The van der Waals surface area contributed by atoms with Crippen LogP contribution in [0.15, 0.2) is 34.4 Å². The van der Waals surface area contributed by atoms with Gasteiger partial charge in [-0.3, -0.25) is 4.79 Å². The quantitative estimate of drug-likeness (QED) is 0.865. The number of rotatable bonds is 1. The number of carbonyl (C=O) groups excluding carboxylic acids is 1. The fraction of sp³-hybridized carbons (Fsp3) is 0.308. The van der Waals surface area contributed by atoms with Gasteiger partial charge < -0.3 is 5.32 Å². The monoisotopic (exact) mass is 272 g/mol. The molecular formula is C13H12N4OS. The van der Waals surface area contributed by atoms with E-state index in [1.54, 1.807) is 11.3 Å². The van der Waals surface area contributed by atoms with E-state index in [9.17, 15) is 4.79 Å². The number of anilines is 1. The number of hydrogen-bond donors (Lipinski definition) is 1. The fourth-order valence-electron chi connectivity index (χ4n) is 2.83. The Kier molecular flexibility index (Phi) is 2.32. The second-order valence-corrected chi connectivity index (χ2v) is 5.56. The van der Waals surface area contributed by atoms with Crippen LogP contribution in [0.3, 0.4) is 0 Å². The van der Waals surface area contributed by atoms with Gasteiger partial charge in [0.25, 0.3) is 0 Å². The lowest BCUT2D eigenvalue weighted by atomic mass is 9.86. The molecule has 1 aliphatic carbocycles. The highest BCUT2D eigenvalue weighted by atomic mass is 32.1. The Morgan fingerprint density at radius 3 is 3.21 bits per heavy atom. The minimum Gasteiger partial charge on any atom is -0.328 e. The first-order valence-corrected chi connectivity index (χ1v) is 7.24. The zero-order valence-electron chi connectivity index (χ0n) is 10.2. The van der Waals surface area contributed by atoms with E-state index in [1.807, 2.05) is 10.1 Å². The van der Waals surface area contributed by atoms with Crippen LogP contribution in [0.2, 0.25) is 0 Å². The van der Waals surface area contributed by atoms with Gasteiger partial charge in [0.2, 0.25) is 5.95 Å². The highest BCUT2D eigenvalue weighted by Crippen LogP contribution is 2.39. The minimum atomic E-state index is -0.118. The van der Waals surface area contributed by atoms with E-state index in [1.165, 1.54) is 6.33 Å². The summed E-state index contributed by atoms with van der Waals surface area (Å²) in [6, 6.07) is 1.94. The third-order valence-corrected chi connectivity index (χ3v) is 4.37. The van der Waals surface area contributed by atoms with Crippen molar-refractivity contribution in [3.63, 3.8) is 0 Å². The molecule has 1 aliphatic heterocycles. The number of nitrogens with zero attached hydrogens (tertiary/aromatic N) is 3. The standard InChI is InChI=1S/C13H12N4OS/c18-10-3-1-2-9-11(10)12(8-4-5-19-6-8)17-13(16-9)14-7-15-17/h4-7,12H,1-3H2,(H,14,15,16)/t12-/m1/s1. The summed E-state index contributed by atoms with van der Waals surface area (Å²) < 4.78 is 1.81. The molecule has 0 aromatic carbocycles. The largest absolute Gasteiger partial charge is 0.328 e. The van der Waals surface area contributed by atoms with Crippen LogP contribution in [0, 0.1) is 0 Å². The van der Waals surface area contributed by atoms with Gasteiger partial charge in [0.1, 0.15) is 12.4 Å². The van der Waals surface area contributed by atoms with Gasteiger partial charge in [-0.2, -0.15) is 21.4 Å². The van der Waals surface area contributed by atoms with Crippen molar-refractivity contribution >= 4 is 23.1 Å². The Bertz CT molecular complexity index is 671. The Morgan fingerprint density at radius 1 is 1.42 bits per heavy atom. The average Bonchev–Trinajstić information content (AvgIpc) is 3.07. The van der Waals surface area contributed by atoms with Gasteiger partial charge in [-0.25, -0.2) is 4.68 Å². The zero-order chi connectivity index (χ0) is 12.8. The van der Waals surface area contributed by atoms with Gasteiger partial charge in [-0.05, 0) is 35.2 Å². The Labute approximate surface area is 114 Å². The summed E-state index contributed by atoms with van der Waals surface area (Å²) in [7, 11) is 0. The minimum absolute atomic E-state index is 0.118. The Balaban J connectivity index is 1.93. The highest BCUT2D eigenvalue weighted by molar-refractivity contribution is 7.08. The third kappa shape index (κ3) is 1.56. The molecule has 2 aliphatic rings. The molecule has 6 heteroatoms. The topological polar surface area (TPSA) is 59.8 Å². The molecular weight excluding hydrogens is 260 g/mol. The summed E-state index contributed by atoms with van der Waals surface area (Å²) in [6.45, 7) is 0. The van der Waals surface area contributed by atoms with Crippen LogP contribution in [0.1, 0.15) is 30.9 Å². The van der Waals surface area contributed by atoms with Crippen molar-refractivity contribution in [3.8, 4) is 0 Å². The van der Waals surface area contributed by atoms with Gasteiger partial charge >= 0.3 is 0 Å².